The number of benzene rings is 2. The Morgan fingerprint density at radius 3 is 2.27 bits per heavy atom. The number of hydrogen-bond donors (Lipinski definition) is 2. The lowest BCUT2D eigenvalue weighted by molar-refractivity contribution is 0.0697. The molecule has 0 fully saturated rings. The molecule has 0 spiro atoms. The van der Waals surface area contributed by atoms with Crippen LogP contribution < -0.4 is 5.32 Å². The summed E-state index contributed by atoms with van der Waals surface area (Å²) < 4.78 is 0. The fraction of sp³-hybridized carbons (Fsp3) is 0.250. The number of carboxylic acids is 1. The highest BCUT2D eigenvalue weighted by Crippen LogP contribution is 2.21. The number of unbranched alkanes of at least 4 members (excludes halogenated alkanes) is 2. The zero-order valence-corrected chi connectivity index (χ0v) is 15.2. The van der Waals surface area contributed by atoms with Crippen LogP contribution in [0.2, 0.25) is 5.02 Å². The molecule has 0 radical (unpaired) electrons. The number of amides is 1. The van der Waals surface area contributed by atoms with Crippen molar-refractivity contribution in [2.24, 2.45) is 0 Å². The van der Waals surface area contributed by atoms with Gasteiger partial charge in [-0.25, -0.2) is 4.79 Å². The summed E-state index contributed by atoms with van der Waals surface area (Å²) in [6, 6.07) is 10.6. The van der Waals surface area contributed by atoms with Gasteiger partial charge < -0.3 is 10.4 Å². The third kappa shape index (κ3) is 5.17. The van der Waals surface area contributed by atoms with E-state index in [4.69, 9.17) is 11.6 Å². The van der Waals surface area contributed by atoms with E-state index in [0.29, 0.717) is 17.5 Å². The third-order valence-corrected chi connectivity index (χ3v) is 4.17. The Bertz CT molecular complexity index is 815. The van der Waals surface area contributed by atoms with Gasteiger partial charge in [0.15, 0.2) is 5.78 Å². The summed E-state index contributed by atoms with van der Waals surface area (Å²) in [5.41, 5.74) is 0.969. The van der Waals surface area contributed by atoms with Crippen molar-refractivity contribution in [1.82, 2.24) is 0 Å². The highest BCUT2D eigenvalue weighted by molar-refractivity contribution is 6.31. The lowest BCUT2D eigenvalue weighted by Crippen LogP contribution is -2.15. The van der Waals surface area contributed by atoms with Crippen molar-refractivity contribution in [3.63, 3.8) is 0 Å². The van der Waals surface area contributed by atoms with Gasteiger partial charge in [-0.05, 0) is 36.8 Å². The van der Waals surface area contributed by atoms with Gasteiger partial charge in [-0.3, -0.25) is 9.59 Å². The van der Waals surface area contributed by atoms with E-state index in [-0.39, 0.29) is 22.1 Å². The van der Waals surface area contributed by atoms with Crippen molar-refractivity contribution in [2.75, 3.05) is 5.32 Å². The molecular formula is C20H20ClNO4. The van der Waals surface area contributed by atoms with Gasteiger partial charge in [0.05, 0.1) is 11.3 Å². The van der Waals surface area contributed by atoms with E-state index in [2.05, 4.69) is 12.2 Å². The van der Waals surface area contributed by atoms with Crippen LogP contribution in [-0.2, 0) is 0 Å². The standard InChI is InChI=1S/C20H20ClNO4/c1-2-3-4-5-18(23)13-6-8-14(9-7-13)19(24)22-17-11-10-15(21)12-16(17)20(25)26/h6-12H,2-5H2,1H3,(H,22,24)(H,25,26). The number of nitrogens with one attached hydrogen (secondary N) is 1. The second kappa shape index (κ2) is 9.15. The van der Waals surface area contributed by atoms with E-state index in [1.54, 1.807) is 24.3 Å². The van der Waals surface area contributed by atoms with Gasteiger partial charge in [-0.2, -0.15) is 0 Å². The number of rotatable bonds is 8. The summed E-state index contributed by atoms with van der Waals surface area (Å²) >= 11 is 5.80. The van der Waals surface area contributed by atoms with E-state index in [1.165, 1.54) is 18.2 Å². The summed E-state index contributed by atoms with van der Waals surface area (Å²) in [5.74, 6) is -1.59. The average molecular weight is 374 g/mol. The van der Waals surface area contributed by atoms with Crippen molar-refractivity contribution in [2.45, 2.75) is 32.6 Å². The molecule has 136 valence electrons. The van der Waals surface area contributed by atoms with Gasteiger partial charge in [0, 0.05) is 22.6 Å². The van der Waals surface area contributed by atoms with Crippen LogP contribution in [0.1, 0.15) is 63.7 Å². The van der Waals surface area contributed by atoms with Crippen LogP contribution in [0.3, 0.4) is 0 Å². The van der Waals surface area contributed by atoms with Crippen molar-refractivity contribution >= 4 is 34.9 Å². The van der Waals surface area contributed by atoms with Crippen LogP contribution in [0.25, 0.3) is 0 Å². The molecule has 0 unspecified atom stereocenters. The van der Waals surface area contributed by atoms with Gasteiger partial charge in [0.2, 0.25) is 0 Å². The summed E-state index contributed by atoms with van der Waals surface area (Å²) in [6.07, 6.45) is 3.41. The Hall–Kier alpha value is -2.66. The first-order valence-electron chi connectivity index (χ1n) is 8.40. The molecule has 0 aliphatic rings. The van der Waals surface area contributed by atoms with Crippen molar-refractivity contribution < 1.29 is 19.5 Å². The molecule has 2 N–H and O–H groups in total. The molecule has 0 bridgehead atoms. The van der Waals surface area contributed by atoms with Gasteiger partial charge in [0.1, 0.15) is 0 Å². The monoisotopic (exact) mass is 373 g/mol. The van der Waals surface area contributed by atoms with Crippen LogP contribution in [-0.4, -0.2) is 22.8 Å². The summed E-state index contributed by atoms with van der Waals surface area (Å²) in [4.78, 5) is 35.7. The van der Waals surface area contributed by atoms with Gasteiger partial charge >= 0.3 is 5.97 Å². The van der Waals surface area contributed by atoms with Crippen molar-refractivity contribution in [3.05, 3.63) is 64.2 Å². The Labute approximate surface area is 157 Å². The van der Waals surface area contributed by atoms with Crippen LogP contribution in [0.4, 0.5) is 5.69 Å². The number of halogens is 1. The molecule has 0 saturated heterocycles. The Balaban J connectivity index is 2.09. The summed E-state index contributed by atoms with van der Waals surface area (Å²) in [6.45, 7) is 2.08. The molecule has 0 aliphatic heterocycles. The van der Waals surface area contributed by atoms with Crippen LogP contribution in [0.5, 0.6) is 0 Å². The molecule has 0 aliphatic carbocycles. The zero-order valence-electron chi connectivity index (χ0n) is 14.4. The number of hydrogen-bond acceptors (Lipinski definition) is 3. The lowest BCUT2D eigenvalue weighted by Gasteiger charge is -2.09. The number of carbonyl (C=O) groups excluding carboxylic acids is 2. The molecule has 2 aromatic carbocycles. The van der Waals surface area contributed by atoms with E-state index in [1.807, 2.05) is 0 Å². The Morgan fingerprint density at radius 2 is 1.65 bits per heavy atom. The molecule has 1 amide bonds. The predicted molar refractivity (Wildman–Crippen MR) is 101 cm³/mol. The normalized spacial score (nSPS) is 10.4. The Morgan fingerprint density at radius 1 is 1.00 bits per heavy atom. The predicted octanol–water partition coefficient (Wildman–Crippen LogP) is 5.05. The molecule has 0 aromatic heterocycles. The van der Waals surface area contributed by atoms with Crippen molar-refractivity contribution in [1.29, 1.82) is 0 Å². The molecule has 2 aromatic rings. The Kier molecular flexibility index (Phi) is 6.92. The molecule has 26 heavy (non-hydrogen) atoms. The lowest BCUT2D eigenvalue weighted by atomic mass is 10.0. The highest BCUT2D eigenvalue weighted by Gasteiger charge is 2.15. The first kappa shape index (κ1) is 19.7. The van der Waals surface area contributed by atoms with E-state index >= 15 is 0 Å². The average Bonchev–Trinajstić information content (AvgIpc) is 2.63. The smallest absolute Gasteiger partial charge is 0.337 e. The SMILES string of the molecule is CCCCCC(=O)c1ccc(C(=O)Nc2ccc(Cl)cc2C(=O)O)cc1. The quantitative estimate of drug-likeness (QED) is 0.500. The topological polar surface area (TPSA) is 83.5 Å². The van der Waals surface area contributed by atoms with E-state index < -0.39 is 11.9 Å². The zero-order chi connectivity index (χ0) is 19.1. The molecular weight excluding hydrogens is 354 g/mol. The van der Waals surface area contributed by atoms with Gasteiger partial charge in [-0.1, -0.05) is 43.5 Å². The fourth-order valence-corrected chi connectivity index (χ4v) is 2.66. The largest absolute Gasteiger partial charge is 0.478 e. The number of aromatic carboxylic acids is 1. The van der Waals surface area contributed by atoms with Gasteiger partial charge in [0.25, 0.3) is 5.91 Å². The number of anilines is 1. The second-order valence-electron chi connectivity index (χ2n) is 5.91. The molecule has 0 saturated carbocycles. The fourth-order valence-electron chi connectivity index (χ4n) is 2.48. The first-order valence-corrected chi connectivity index (χ1v) is 8.77. The molecule has 2 rings (SSSR count). The summed E-state index contributed by atoms with van der Waals surface area (Å²) in [7, 11) is 0. The molecule has 6 heteroatoms. The minimum absolute atomic E-state index is 0.0521. The minimum Gasteiger partial charge on any atom is -0.478 e. The maximum absolute atomic E-state index is 12.3. The van der Waals surface area contributed by atoms with Gasteiger partial charge in [-0.15, -0.1) is 0 Å². The molecule has 0 heterocycles. The van der Waals surface area contributed by atoms with Crippen LogP contribution in [0.15, 0.2) is 42.5 Å². The number of ketones is 1. The maximum Gasteiger partial charge on any atom is 0.337 e. The number of carboxylic acid groups (broad SMARTS) is 1. The summed E-state index contributed by atoms with van der Waals surface area (Å²) in [5, 5.41) is 12.0. The van der Waals surface area contributed by atoms with Crippen LogP contribution >= 0.6 is 11.6 Å². The van der Waals surface area contributed by atoms with E-state index in [9.17, 15) is 19.5 Å². The second-order valence-corrected chi connectivity index (χ2v) is 6.34. The highest BCUT2D eigenvalue weighted by atomic mass is 35.5. The maximum atomic E-state index is 12.3. The minimum atomic E-state index is -1.18. The number of carbonyl (C=O) groups is 3. The third-order valence-electron chi connectivity index (χ3n) is 3.94. The molecule has 0 atom stereocenters. The van der Waals surface area contributed by atoms with E-state index in [0.717, 1.165) is 19.3 Å². The van der Waals surface area contributed by atoms with Crippen LogP contribution in [0, 0.1) is 0 Å². The van der Waals surface area contributed by atoms with Crippen molar-refractivity contribution in [3.8, 4) is 0 Å². The number of Topliss-reactive ketones (excluding diaryl/α,β-unsaturated/α-hetero) is 1. The first-order chi connectivity index (χ1) is 12.4. The molecule has 5 nitrogen and oxygen atoms in total.